The molecular formula is C8H7ClN4. The van der Waals surface area contributed by atoms with Crippen molar-refractivity contribution >= 4 is 17.4 Å². The number of nitrogens with zero attached hydrogens (tertiary/aromatic N) is 4. The molecule has 0 unspecified atom stereocenters. The lowest BCUT2D eigenvalue weighted by molar-refractivity contribution is 0.631. The monoisotopic (exact) mass is 194 g/mol. The number of hydrogen-bond donors (Lipinski definition) is 0. The third-order valence-corrected chi connectivity index (χ3v) is 2.76. The predicted molar refractivity (Wildman–Crippen MR) is 47.0 cm³/mol. The Labute approximate surface area is 80.1 Å². The smallest absolute Gasteiger partial charge is 0.184 e. The molecule has 0 aromatic carbocycles. The highest BCUT2D eigenvalue weighted by molar-refractivity contribution is 6.30. The molecule has 0 saturated heterocycles. The van der Waals surface area contributed by atoms with Crippen LogP contribution in [0.15, 0.2) is 16.6 Å². The van der Waals surface area contributed by atoms with E-state index in [0.717, 1.165) is 5.56 Å². The van der Waals surface area contributed by atoms with Gasteiger partial charge < -0.3 is 0 Å². The summed E-state index contributed by atoms with van der Waals surface area (Å²) < 4.78 is 0. The van der Waals surface area contributed by atoms with Gasteiger partial charge in [-0.3, -0.25) is 0 Å². The average molecular weight is 195 g/mol. The highest BCUT2D eigenvalue weighted by atomic mass is 35.5. The highest BCUT2D eigenvalue weighted by Gasteiger charge is 2.38. The molecule has 1 atom stereocenters. The predicted octanol–water partition coefficient (Wildman–Crippen LogP) is 2.68. The quantitative estimate of drug-likeness (QED) is 0.646. The van der Waals surface area contributed by atoms with Crippen LogP contribution in [0.1, 0.15) is 24.4 Å². The van der Waals surface area contributed by atoms with Crippen LogP contribution in [0.5, 0.6) is 0 Å². The van der Waals surface area contributed by atoms with Crippen molar-refractivity contribution in [3.8, 4) is 0 Å². The lowest BCUT2D eigenvalue weighted by Gasteiger charge is -2.05. The van der Waals surface area contributed by atoms with Crippen LogP contribution in [0.25, 0.3) is 0 Å². The summed E-state index contributed by atoms with van der Waals surface area (Å²) in [5.74, 6) is 1.27. The Hall–Kier alpha value is -1.03. The summed E-state index contributed by atoms with van der Waals surface area (Å²) in [7, 11) is 0. The maximum atomic E-state index is 5.97. The maximum absolute atomic E-state index is 5.97. The average Bonchev–Trinajstić information content (AvgIpc) is 2.87. The van der Waals surface area contributed by atoms with Crippen molar-refractivity contribution in [3.63, 3.8) is 0 Å². The first-order valence-electron chi connectivity index (χ1n) is 4.27. The van der Waals surface area contributed by atoms with E-state index in [0.29, 0.717) is 16.9 Å². The van der Waals surface area contributed by atoms with Crippen molar-refractivity contribution in [2.24, 2.45) is 16.1 Å². The molecule has 4 nitrogen and oxygen atoms in total. The normalized spacial score (nSPS) is 24.8. The zero-order chi connectivity index (χ0) is 8.84. The zero-order valence-corrected chi connectivity index (χ0v) is 7.57. The van der Waals surface area contributed by atoms with Gasteiger partial charge in [0.15, 0.2) is 5.82 Å². The minimum atomic E-state index is 0.128. The first kappa shape index (κ1) is 7.38. The molecule has 13 heavy (non-hydrogen) atoms. The molecule has 1 aromatic rings. The zero-order valence-electron chi connectivity index (χ0n) is 6.81. The third-order valence-electron chi connectivity index (χ3n) is 2.46. The summed E-state index contributed by atoms with van der Waals surface area (Å²) in [4.78, 5) is 7.97. The van der Waals surface area contributed by atoms with Crippen LogP contribution in [0, 0.1) is 5.92 Å². The molecule has 1 fully saturated rings. The van der Waals surface area contributed by atoms with Crippen molar-refractivity contribution < 1.29 is 0 Å². The Kier molecular flexibility index (Phi) is 1.41. The van der Waals surface area contributed by atoms with Crippen LogP contribution in [0.3, 0.4) is 0 Å². The molecule has 2 aliphatic rings. The second-order valence-corrected chi connectivity index (χ2v) is 3.76. The van der Waals surface area contributed by atoms with E-state index >= 15 is 0 Å². The lowest BCUT2D eigenvalue weighted by Crippen LogP contribution is -1.96. The molecule has 0 radical (unpaired) electrons. The molecule has 1 saturated carbocycles. The Bertz CT molecular complexity index is 386. The maximum Gasteiger partial charge on any atom is 0.184 e. The van der Waals surface area contributed by atoms with Crippen LogP contribution in [-0.2, 0) is 0 Å². The molecular weight excluding hydrogens is 188 g/mol. The van der Waals surface area contributed by atoms with Gasteiger partial charge in [-0.1, -0.05) is 11.6 Å². The molecule has 5 heteroatoms. The van der Waals surface area contributed by atoms with Crippen molar-refractivity contribution in [2.75, 3.05) is 0 Å². The summed E-state index contributed by atoms with van der Waals surface area (Å²) in [6, 6.07) is 0.128. The highest BCUT2D eigenvalue weighted by Crippen LogP contribution is 2.50. The Morgan fingerprint density at radius 3 is 2.92 bits per heavy atom. The molecule has 3 rings (SSSR count). The Morgan fingerprint density at radius 2 is 2.15 bits per heavy atom. The van der Waals surface area contributed by atoms with E-state index in [-0.39, 0.29) is 6.04 Å². The fourth-order valence-corrected chi connectivity index (χ4v) is 1.86. The summed E-state index contributed by atoms with van der Waals surface area (Å²) in [5.41, 5.74) is 0.923. The van der Waals surface area contributed by atoms with Gasteiger partial charge in [-0.05, 0) is 18.8 Å². The van der Waals surface area contributed by atoms with Crippen LogP contribution in [0.4, 0.5) is 5.82 Å². The van der Waals surface area contributed by atoms with Gasteiger partial charge in [0.2, 0.25) is 0 Å². The second-order valence-electron chi connectivity index (χ2n) is 3.40. The van der Waals surface area contributed by atoms with Gasteiger partial charge >= 0.3 is 0 Å². The molecule has 0 bridgehead atoms. The largest absolute Gasteiger partial charge is 0.224 e. The van der Waals surface area contributed by atoms with E-state index in [2.05, 4.69) is 20.2 Å². The standard InChI is InChI=1S/C8H7ClN4/c9-7-5-6(4-1-2-4)12-13-8(5)11-3-10-7/h3-4,6H,1-2H2/t6-/m0/s1. The third kappa shape index (κ3) is 1.05. The lowest BCUT2D eigenvalue weighted by atomic mass is 10.1. The fraction of sp³-hybridized carbons (Fsp3) is 0.500. The summed E-state index contributed by atoms with van der Waals surface area (Å²) in [6.07, 6.45) is 3.86. The minimum absolute atomic E-state index is 0.128. The number of rotatable bonds is 1. The van der Waals surface area contributed by atoms with Crippen molar-refractivity contribution in [1.29, 1.82) is 0 Å². The van der Waals surface area contributed by atoms with Gasteiger partial charge in [0.1, 0.15) is 17.5 Å². The molecule has 1 aliphatic carbocycles. The van der Waals surface area contributed by atoms with E-state index in [4.69, 9.17) is 11.6 Å². The molecule has 2 heterocycles. The van der Waals surface area contributed by atoms with Gasteiger partial charge in [0.05, 0.1) is 5.56 Å². The summed E-state index contributed by atoms with van der Waals surface area (Å²) in [5, 5.41) is 8.66. The van der Waals surface area contributed by atoms with Gasteiger partial charge in [-0.2, -0.15) is 5.11 Å². The van der Waals surface area contributed by atoms with Crippen LogP contribution >= 0.6 is 11.6 Å². The number of aromatic nitrogens is 2. The molecule has 1 aromatic heterocycles. The van der Waals surface area contributed by atoms with Crippen LogP contribution < -0.4 is 0 Å². The topological polar surface area (TPSA) is 50.5 Å². The SMILES string of the molecule is Clc1ncnc2c1[C@H](C1CC1)N=N2. The molecule has 1 aliphatic heterocycles. The second kappa shape index (κ2) is 2.48. The Balaban J connectivity index is 2.11. The molecule has 0 spiro atoms. The number of hydrogen-bond acceptors (Lipinski definition) is 4. The van der Waals surface area contributed by atoms with E-state index in [1.807, 2.05) is 0 Å². The molecule has 66 valence electrons. The van der Waals surface area contributed by atoms with E-state index in [1.54, 1.807) is 0 Å². The van der Waals surface area contributed by atoms with Crippen molar-refractivity contribution in [1.82, 2.24) is 9.97 Å². The number of fused-ring (bicyclic) bond motifs is 1. The summed E-state index contributed by atoms with van der Waals surface area (Å²) >= 11 is 5.97. The van der Waals surface area contributed by atoms with E-state index in [1.165, 1.54) is 19.2 Å². The Morgan fingerprint density at radius 1 is 1.31 bits per heavy atom. The van der Waals surface area contributed by atoms with Gasteiger partial charge in [0, 0.05) is 0 Å². The van der Waals surface area contributed by atoms with Crippen molar-refractivity contribution in [2.45, 2.75) is 18.9 Å². The van der Waals surface area contributed by atoms with E-state index < -0.39 is 0 Å². The number of azo groups is 1. The fourth-order valence-electron chi connectivity index (χ4n) is 1.62. The first-order valence-corrected chi connectivity index (χ1v) is 4.65. The molecule has 0 N–H and O–H groups in total. The first-order chi connectivity index (χ1) is 6.36. The summed E-state index contributed by atoms with van der Waals surface area (Å²) in [6.45, 7) is 0. The van der Waals surface area contributed by atoms with Gasteiger partial charge in [-0.15, -0.1) is 5.11 Å². The molecule has 0 amide bonds. The number of halogens is 1. The van der Waals surface area contributed by atoms with E-state index in [9.17, 15) is 0 Å². The van der Waals surface area contributed by atoms with Gasteiger partial charge in [-0.25, -0.2) is 9.97 Å². The van der Waals surface area contributed by atoms with Crippen LogP contribution in [0.2, 0.25) is 5.15 Å². The van der Waals surface area contributed by atoms with Crippen molar-refractivity contribution in [3.05, 3.63) is 17.0 Å². The van der Waals surface area contributed by atoms with Crippen LogP contribution in [-0.4, -0.2) is 9.97 Å². The minimum Gasteiger partial charge on any atom is -0.224 e. The van der Waals surface area contributed by atoms with Gasteiger partial charge in [0.25, 0.3) is 0 Å².